The van der Waals surface area contributed by atoms with Crippen molar-refractivity contribution >= 4 is 40.3 Å². The van der Waals surface area contributed by atoms with Crippen LogP contribution in [0.15, 0.2) is 41.3 Å². The Kier molecular flexibility index (Phi) is 5.45. The van der Waals surface area contributed by atoms with Gasteiger partial charge in [-0.15, -0.1) is 0 Å². The number of aromatic nitrogens is 3. The molecule has 1 N–H and O–H groups in total. The maximum absolute atomic E-state index is 12.7. The molecular weight excluding hydrogens is 408 g/mol. The zero-order valence-electron chi connectivity index (χ0n) is 16.6. The number of aryl methyl sites for hydroxylation is 1. The van der Waals surface area contributed by atoms with E-state index in [0.717, 1.165) is 0 Å². The van der Waals surface area contributed by atoms with Gasteiger partial charge in [0.25, 0.3) is 5.56 Å². The molecule has 1 aliphatic heterocycles. The Balaban J connectivity index is 1.47. The molecule has 3 heterocycles. The van der Waals surface area contributed by atoms with Gasteiger partial charge in [-0.1, -0.05) is 11.6 Å². The quantitative estimate of drug-likeness (QED) is 0.688. The summed E-state index contributed by atoms with van der Waals surface area (Å²) in [4.78, 5) is 37.8. The number of benzene rings is 1. The summed E-state index contributed by atoms with van der Waals surface area (Å²) in [7, 11) is 3.22. The van der Waals surface area contributed by atoms with Crippen LogP contribution in [0.4, 0.5) is 16.3 Å². The zero-order valence-corrected chi connectivity index (χ0v) is 17.4. The van der Waals surface area contributed by atoms with E-state index in [0.29, 0.717) is 59.6 Å². The number of carbonyl (C=O) groups excluding carboxylic acids is 1. The van der Waals surface area contributed by atoms with Gasteiger partial charge < -0.3 is 19.9 Å². The Morgan fingerprint density at radius 3 is 2.70 bits per heavy atom. The zero-order chi connectivity index (χ0) is 21.3. The molecule has 3 aromatic rings. The summed E-state index contributed by atoms with van der Waals surface area (Å²) in [6.45, 7) is 1.89. The lowest BCUT2D eigenvalue weighted by Gasteiger charge is -2.35. The van der Waals surface area contributed by atoms with Crippen LogP contribution in [0.1, 0.15) is 0 Å². The first-order valence-electron chi connectivity index (χ1n) is 9.44. The fourth-order valence-electron chi connectivity index (χ4n) is 3.44. The second-order valence-electron chi connectivity index (χ2n) is 6.89. The third-order valence-electron chi connectivity index (χ3n) is 5.08. The van der Waals surface area contributed by atoms with Crippen LogP contribution in [0.25, 0.3) is 11.2 Å². The third-order valence-corrected chi connectivity index (χ3v) is 5.31. The number of piperazine rings is 1. The number of anilines is 2. The summed E-state index contributed by atoms with van der Waals surface area (Å²) in [5, 5.41) is 3.34. The largest absolute Gasteiger partial charge is 0.495 e. The number of hydrogen-bond acceptors (Lipinski definition) is 6. The normalized spacial score (nSPS) is 14.1. The number of rotatable bonds is 3. The van der Waals surface area contributed by atoms with Crippen LogP contribution in [0.5, 0.6) is 5.75 Å². The highest BCUT2D eigenvalue weighted by atomic mass is 35.5. The van der Waals surface area contributed by atoms with Crippen LogP contribution < -0.4 is 20.5 Å². The fraction of sp³-hybridized carbons (Fsp3) is 0.300. The maximum atomic E-state index is 12.7. The fourth-order valence-corrected chi connectivity index (χ4v) is 3.61. The minimum atomic E-state index is -0.251. The predicted octanol–water partition coefficient (Wildman–Crippen LogP) is 2.34. The summed E-state index contributed by atoms with van der Waals surface area (Å²) >= 11 is 6.03. The van der Waals surface area contributed by atoms with Gasteiger partial charge in [-0.25, -0.2) is 14.8 Å². The maximum Gasteiger partial charge on any atom is 0.322 e. The lowest BCUT2D eigenvalue weighted by atomic mass is 10.3. The predicted molar refractivity (Wildman–Crippen MR) is 116 cm³/mol. The number of carbonyl (C=O) groups is 1. The topological polar surface area (TPSA) is 92.6 Å². The number of hydrogen-bond donors (Lipinski definition) is 1. The van der Waals surface area contributed by atoms with E-state index in [1.807, 2.05) is 11.0 Å². The highest BCUT2D eigenvalue weighted by Crippen LogP contribution is 2.28. The van der Waals surface area contributed by atoms with Crippen LogP contribution >= 0.6 is 11.6 Å². The summed E-state index contributed by atoms with van der Waals surface area (Å²) in [5.41, 5.74) is 1.50. The molecule has 1 saturated heterocycles. The molecule has 0 bridgehead atoms. The summed E-state index contributed by atoms with van der Waals surface area (Å²) in [6.07, 6.45) is 1.63. The van der Waals surface area contributed by atoms with Crippen LogP contribution in [-0.4, -0.2) is 58.8 Å². The Labute approximate surface area is 177 Å². The molecule has 4 rings (SSSR count). The molecule has 0 saturated carbocycles. The van der Waals surface area contributed by atoms with Gasteiger partial charge in [0.15, 0.2) is 11.5 Å². The molecule has 0 atom stereocenters. The number of nitrogens with one attached hydrogen (secondary N) is 1. The van der Waals surface area contributed by atoms with Crippen LogP contribution in [0, 0.1) is 0 Å². The standard InChI is InChI=1S/C20H21ClN6O3/c1-25-17-14(4-3-7-22-17)23-18(19(25)28)26-8-10-27(11-9-26)20(29)24-15-12-13(21)5-6-16(15)30-2/h3-7,12H,8-11H2,1-2H3,(H,24,29). The Morgan fingerprint density at radius 1 is 1.20 bits per heavy atom. The number of halogens is 1. The average molecular weight is 429 g/mol. The first-order valence-corrected chi connectivity index (χ1v) is 9.82. The van der Waals surface area contributed by atoms with Crippen molar-refractivity contribution in [2.45, 2.75) is 0 Å². The molecule has 30 heavy (non-hydrogen) atoms. The van der Waals surface area contributed by atoms with Crippen molar-refractivity contribution in [3.8, 4) is 5.75 Å². The molecule has 156 valence electrons. The first kappa shape index (κ1) is 20.0. The van der Waals surface area contributed by atoms with Crippen molar-refractivity contribution < 1.29 is 9.53 Å². The molecule has 1 aromatic carbocycles. The Hall–Kier alpha value is -3.33. The van der Waals surface area contributed by atoms with Crippen molar-refractivity contribution in [3.05, 3.63) is 51.9 Å². The monoisotopic (exact) mass is 428 g/mol. The third kappa shape index (κ3) is 3.76. The van der Waals surface area contributed by atoms with Gasteiger partial charge in [0.1, 0.15) is 11.3 Å². The van der Waals surface area contributed by atoms with E-state index in [2.05, 4.69) is 15.3 Å². The molecule has 1 aliphatic rings. The minimum absolute atomic E-state index is 0.206. The van der Waals surface area contributed by atoms with Crippen molar-refractivity contribution in [1.29, 1.82) is 0 Å². The smallest absolute Gasteiger partial charge is 0.322 e. The lowest BCUT2D eigenvalue weighted by Crippen LogP contribution is -2.51. The van der Waals surface area contributed by atoms with E-state index in [-0.39, 0.29) is 11.6 Å². The molecule has 9 nitrogen and oxygen atoms in total. The van der Waals surface area contributed by atoms with Crippen molar-refractivity contribution in [1.82, 2.24) is 19.4 Å². The molecule has 0 spiro atoms. The molecule has 2 aromatic heterocycles. The van der Waals surface area contributed by atoms with Gasteiger partial charge in [-0.3, -0.25) is 9.36 Å². The molecule has 0 radical (unpaired) electrons. The highest BCUT2D eigenvalue weighted by Gasteiger charge is 2.25. The molecule has 0 unspecified atom stereocenters. The van der Waals surface area contributed by atoms with E-state index >= 15 is 0 Å². The van der Waals surface area contributed by atoms with E-state index in [1.54, 1.807) is 42.4 Å². The van der Waals surface area contributed by atoms with Gasteiger partial charge in [-0.2, -0.15) is 0 Å². The second kappa shape index (κ2) is 8.19. The van der Waals surface area contributed by atoms with Crippen molar-refractivity contribution in [2.24, 2.45) is 7.05 Å². The van der Waals surface area contributed by atoms with Crippen molar-refractivity contribution in [3.63, 3.8) is 0 Å². The summed E-state index contributed by atoms with van der Waals surface area (Å²) < 4.78 is 6.77. The molecule has 10 heteroatoms. The molecular formula is C20H21ClN6O3. The molecule has 2 amide bonds. The van der Waals surface area contributed by atoms with Crippen LogP contribution in [0.2, 0.25) is 5.02 Å². The number of methoxy groups -OCH3 is 1. The van der Waals surface area contributed by atoms with E-state index < -0.39 is 0 Å². The number of fused-ring (bicyclic) bond motifs is 1. The molecule has 1 fully saturated rings. The van der Waals surface area contributed by atoms with Gasteiger partial charge in [-0.05, 0) is 30.3 Å². The van der Waals surface area contributed by atoms with Crippen molar-refractivity contribution in [2.75, 3.05) is 43.5 Å². The highest BCUT2D eigenvalue weighted by molar-refractivity contribution is 6.31. The number of amides is 2. The van der Waals surface area contributed by atoms with E-state index in [1.165, 1.54) is 11.7 Å². The molecule has 0 aliphatic carbocycles. The van der Waals surface area contributed by atoms with E-state index in [4.69, 9.17) is 16.3 Å². The number of urea groups is 1. The summed E-state index contributed by atoms with van der Waals surface area (Å²) in [5.74, 6) is 0.901. The Bertz CT molecular complexity index is 1160. The van der Waals surface area contributed by atoms with Gasteiger partial charge in [0.2, 0.25) is 0 Å². The number of ether oxygens (including phenoxy) is 1. The summed E-state index contributed by atoms with van der Waals surface area (Å²) in [6, 6.07) is 8.40. The number of pyridine rings is 1. The lowest BCUT2D eigenvalue weighted by molar-refractivity contribution is 0.208. The first-order chi connectivity index (χ1) is 14.5. The van der Waals surface area contributed by atoms with E-state index in [9.17, 15) is 9.59 Å². The number of nitrogens with zero attached hydrogens (tertiary/aromatic N) is 5. The average Bonchev–Trinajstić information content (AvgIpc) is 2.76. The van der Waals surface area contributed by atoms with Gasteiger partial charge in [0, 0.05) is 44.4 Å². The SMILES string of the molecule is COc1ccc(Cl)cc1NC(=O)N1CCN(c2nc3cccnc3n(C)c2=O)CC1. The second-order valence-corrected chi connectivity index (χ2v) is 7.33. The van der Waals surface area contributed by atoms with Crippen LogP contribution in [0.3, 0.4) is 0 Å². The Morgan fingerprint density at radius 2 is 1.97 bits per heavy atom. The van der Waals surface area contributed by atoms with Gasteiger partial charge in [0.05, 0.1) is 12.8 Å². The van der Waals surface area contributed by atoms with Gasteiger partial charge >= 0.3 is 6.03 Å². The minimum Gasteiger partial charge on any atom is -0.495 e. The van der Waals surface area contributed by atoms with Crippen LogP contribution in [-0.2, 0) is 7.05 Å².